The third kappa shape index (κ3) is 2.71. The van der Waals surface area contributed by atoms with Crippen LogP contribution in [0.3, 0.4) is 0 Å². The lowest BCUT2D eigenvalue weighted by atomic mass is 10.1. The van der Waals surface area contributed by atoms with Gasteiger partial charge in [-0.3, -0.25) is 5.84 Å². The number of hydrazine groups is 1. The Kier molecular flexibility index (Phi) is 4.80. The average molecular weight is 332 g/mol. The van der Waals surface area contributed by atoms with E-state index in [2.05, 4.69) is 21.4 Å². The van der Waals surface area contributed by atoms with Crippen LogP contribution in [0.2, 0.25) is 10.0 Å². The third-order valence-corrected chi connectivity index (χ3v) is 3.91. The van der Waals surface area contributed by atoms with Crippen molar-refractivity contribution in [2.75, 3.05) is 0 Å². The number of hydrogen-bond donors (Lipinski definition) is 2. The molecular formula is C10H5BrCl2N4. The van der Waals surface area contributed by atoms with E-state index in [1.807, 2.05) is 0 Å². The van der Waals surface area contributed by atoms with E-state index in [0.717, 1.165) is 0 Å². The molecule has 0 bridgehead atoms. The molecule has 0 atom stereocenters. The maximum Gasteiger partial charge on any atom is 0.154 e. The molecule has 1 aromatic carbocycles. The Morgan fingerprint density at radius 1 is 1.29 bits per heavy atom. The smallest absolute Gasteiger partial charge is 0.154 e. The second-order valence-corrected chi connectivity index (χ2v) is 4.42. The van der Waals surface area contributed by atoms with E-state index in [-0.39, 0.29) is 16.3 Å². The fraction of sp³-hybridized carbons (Fsp3) is 0. The molecule has 0 aliphatic carbocycles. The molecule has 0 unspecified atom stereocenters. The lowest BCUT2D eigenvalue weighted by molar-refractivity contribution is 0.987. The van der Waals surface area contributed by atoms with Crippen molar-refractivity contribution in [3.63, 3.8) is 0 Å². The van der Waals surface area contributed by atoms with Crippen LogP contribution in [-0.4, -0.2) is 0 Å². The third-order valence-electron chi connectivity index (χ3n) is 1.92. The Hall–Kier alpha value is -1.24. The molecule has 0 saturated heterocycles. The predicted molar refractivity (Wildman–Crippen MR) is 69.6 cm³/mol. The molecule has 1 aromatic rings. The highest BCUT2D eigenvalue weighted by molar-refractivity contribution is 9.10. The van der Waals surface area contributed by atoms with Crippen LogP contribution in [0.5, 0.6) is 0 Å². The second-order valence-electron chi connectivity index (χ2n) is 2.84. The van der Waals surface area contributed by atoms with Gasteiger partial charge in [-0.25, -0.2) is 0 Å². The summed E-state index contributed by atoms with van der Waals surface area (Å²) in [5.74, 6) is 5.30. The first-order chi connectivity index (χ1) is 8.06. The number of nitrogens with one attached hydrogen (secondary N) is 1. The molecule has 0 radical (unpaired) electrons. The summed E-state index contributed by atoms with van der Waals surface area (Å²) in [6.07, 6.45) is 0. The van der Waals surface area contributed by atoms with Crippen LogP contribution >= 0.6 is 39.1 Å². The Morgan fingerprint density at radius 2 is 1.88 bits per heavy atom. The molecule has 0 saturated carbocycles. The number of allylic oxidation sites excluding steroid dienone is 1. The van der Waals surface area contributed by atoms with E-state index in [9.17, 15) is 0 Å². The quantitative estimate of drug-likeness (QED) is 0.377. The zero-order valence-electron chi connectivity index (χ0n) is 8.26. The molecule has 3 N–H and O–H groups in total. The fourth-order valence-electron chi connectivity index (χ4n) is 1.14. The molecule has 0 aliphatic heterocycles. The first kappa shape index (κ1) is 13.8. The lowest BCUT2D eigenvalue weighted by Gasteiger charge is -2.10. The van der Waals surface area contributed by atoms with Gasteiger partial charge in [0.25, 0.3) is 0 Å². The molecule has 0 spiro atoms. The number of halogens is 3. The number of rotatable bonds is 2. The van der Waals surface area contributed by atoms with Crippen LogP contribution in [0.25, 0.3) is 5.70 Å². The van der Waals surface area contributed by atoms with Gasteiger partial charge in [0.05, 0.1) is 20.2 Å². The summed E-state index contributed by atoms with van der Waals surface area (Å²) in [6, 6.07) is 6.61. The Bertz CT molecular complexity index is 553. The highest BCUT2D eigenvalue weighted by Crippen LogP contribution is 2.35. The van der Waals surface area contributed by atoms with Crippen molar-refractivity contribution in [3.05, 3.63) is 37.8 Å². The molecule has 0 amide bonds. The Labute approximate surface area is 116 Å². The zero-order valence-corrected chi connectivity index (χ0v) is 11.4. The zero-order chi connectivity index (χ0) is 13.0. The first-order valence-electron chi connectivity index (χ1n) is 4.21. The van der Waals surface area contributed by atoms with E-state index in [1.165, 1.54) is 0 Å². The van der Waals surface area contributed by atoms with Gasteiger partial charge in [0.1, 0.15) is 12.1 Å². The molecule has 1 rings (SSSR count). The summed E-state index contributed by atoms with van der Waals surface area (Å²) < 4.78 is 0.473. The largest absolute Gasteiger partial charge is 0.322 e. The van der Waals surface area contributed by atoms with E-state index in [0.29, 0.717) is 15.1 Å². The lowest BCUT2D eigenvalue weighted by Crippen LogP contribution is -2.21. The summed E-state index contributed by atoms with van der Waals surface area (Å²) in [7, 11) is 0. The van der Waals surface area contributed by atoms with Crippen LogP contribution < -0.4 is 11.3 Å². The molecule has 0 aromatic heterocycles. The van der Waals surface area contributed by atoms with Crippen molar-refractivity contribution in [2.24, 2.45) is 5.84 Å². The molecule has 0 aliphatic rings. The molecule has 17 heavy (non-hydrogen) atoms. The highest BCUT2D eigenvalue weighted by Gasteiger charge is 2.15. The van der Waals surface area contributed by atoms with Gasteiger partial charge in [-0.15, -0.1) is 0 Å². The van der Waals surface area contributed by atoms with Crippen molar-refractivity contribution < 1.29 is 0 Å². The van der Waals surface area contributed by atoms with Gasteiger partial charge in [0.15, 0.2) is 5.57 Å². The molecule has 4 nitrogen and oxygen atoms in total. The van der Waals surface area contributed by atoms with Crippen molar-refractivity contribution in [2.45, 2.75) is 0 Å². The van der Waals surface area contributed by atoms with Crippen molar-refractivity contribution in [3.8, 4) is 12.1 Å². The topological polar surface area (TPSA) is 85.6 Å². The van der Waals surface area contributed by atoms with Crippen molar-refractivity contribution >= 4 is 44.8 Å². The number of benzene rings is 1. The van der Waals surface area contributed by atoms with Gasteiger partial charge in [-0.1, -0.05) is 23.2 Å². The minimum atomic E-state index is -0.163. The standard InChI is InChI=1S/C10H5BrCl2N4/c11-8-7(12)2-1-6(9(8)13)10(17-16)5(3-14)4-15/h1-2,17H,16H2. The molecule has 7 heteroatoms. The molecular weight excluding hydrogens is 327 g/mol. The average Bonchev–Trinajstić information content (AvgIpc) is 2.34. The maximum absolute atomic E-state index is 8.80. The predicted octanol–water partition coefficient (Wildman–Crippen LogP) is 2.98. The van der Waals surface area contributed by atoms with E-state index in [4.69, 9.17) is 39.6 Å². The summed E-state index contributed by atoms with van der Waals surface area (Å²) >= 11 is 15.1. The van der Waals surface area contributed by atoms with Crippen LogP contribution in [0.1, 0.15) is 5.56 Å². The summed E-state index contributed by atoms with van der Waals surface area (Å²) in [4.78, 5) is 0. The Balaban J connectivity index is 3.55. The maximum atomic E-state index is 8.80. The van der Waals surface area contributed by atoms with Crippen LogP contribution in [0.4, 0.5) is 0 Å². The molecule has 0 heterocycles. The number of hydrogen-bond acceptors (Lipinski definition) is 4. The van der Waals surface area contributed by atoms with Gasteiger partial charge >= 0.3 is 0 Å². The highest BCUT2D eigenvalue weighted by atomic mass is 79.9. The van der Waals surface area contributed by atoms with Crippen LogP contribution in [-0.2, 0) is 0 Å². The SMILES string of the molecule is N#CC(C#N)=C(NN)c1ccc(Cl)c(Br)c1Cl. The monoisotopic (exact) mass is 330 g/mol. The van der Waals surface area contributed by atoms with E-state index in [1.54, 1.807) is 24.3 Å². The summed E-state index contributed by atoms with van der Waals surface area (Å²) in [5, 5.41) is 18.3. The van der Waals surface area contributed by atoms with E-state index < -0.39 is 0 Å². The van der Waals surface area contributed by atoms with Crippen molar-refractivity contribution in [1.29, 1.82) is 10.5 Å². The van der Waals surface area contributed by atoms with E-state index >= 15 is 0 Å². The van der Waals surface area contributed by atoms with Gasteiger partial charge in [-0.2, -0.15) is 10.5 Å². The summed E-state index contributed by atoms with van der Waals surface area (Å²) in [5.41, 5.74) is 2.70. The van der Waals surface area contributed by atoms with Crippen LogP contribution in [0, 0.1) is 22.7 Å². The first-order valence-corrected chi connectivity index (χ1v) is 5.76. The van der Waals surface area contributed by atoms with Gasteiger partial charge in [-0.05, 0) is 28.1 Å². The minimum absolute atomic E-state index is 0.150. The van der Waals surface area contributed by atoms with Gasteiger partial charge in [0.2, 0.25) is 0 Å². The van der Waals surface area contributed by atoms with Gasteiger partial charge in [0, 0.05) is 5.56 Å². The number of nitriles is 2. The Morgan fingerprint density at radius 3 is 2.35 bits per heavy atom. The molecule has 86 valence electrons. The minimum Gasteiger partial charge on any atom is -0.322 e. The number of nitrogens with two attached hydrogens (primary N) is 1. The number of nitrogens with zero attached hydrogens (tertiary/aromatic N) is 2. The summed E-state index contributed by atoms with van der Waals surface area (Å²) in [6.45, 7) is 0. The molecule has 0 fully saturated rings. The second kappa shape index (κ2) is 5.90. The fourth-order valence-corrected chi connectivity index (χ4v) is 1.95. The van der Waals surface area contributed by atoms with Gasteiger partial charge < -0.3 is 5.43 Å². The van der Waals surface area contributed by atoms with Crippen molar-refractivity contribution in [1.82, 2.24) is 5.43 Å². The van der Waals surface area contributed by atoms with Crippen LogP contribution in [0.15, 0.2) is 22.2 Å². The normalized spacial score (nSPS) is 9.06.